The fourth-order valence-corrected chi connectivity index (χ4v) is 2.57. The van der Waals surface area contributed by atoms with Crippen LogP contribution in [0.15, 0.2) is 30.3 Å². The van der Waals surface area contributed by atoms with Gasteiger partial charge in [-0.2, -0.15) is 0 Å². The number of likely N-dealkylation sites (tertiary alicyclic amines) is 1. The summed E-state index contributed by atoms with van der Waals surface area (Å²) in [7, 11) is 0. The predicted octanol–water partition coefficient (Wildman–Crippen LogP) is 2.14. The summed E-state index contributed by atoms with van der Waals surface area (Å²) in [5.41, 5.74) is 0.678. The lowest BCUT2D eigenvalue weighted by molar-refractivity contribution is -0.0814. The van der Waals surface area contributed by atoms with Gasteiger partial charge in [-0.1, -0.05) is 63.3 Å². The van der Waals surface area contributed by atoms with Crippen molar-refractivity contribution in [2.75, 3.05) is 6.54 Å². The van der Waals surface area contributed by atoms with Gasteiger partial charge < -0.3 is 15.1 Å². The number of benzene rings is 1. The van der Waals surface area contributed by atoms with E-state index in [1.54, 1.807) is 0 Å². The standard InChI is InChI=1S/C15H21NO2S/c1-15(2,3)14(19)16-9-11(17)12(16)13(18)10-7-5-4-6-8-10/h4-8,11-13,17-18H,9H2,1-3H3/t11-,12-,13+/m0/s1. The molecule has 1 aromatic rings. The molecular weight excluding hydrogens is 258 g/mol. The lowest BCUT2D eigenvalue weighted by Crippen LogP contribution is -2.65. The zero-order valence-electron chi connectivity index (χ0n) is 11.6. The molecule has 1 fully saturated rings. The van der Waals surface area contributed by atoms with E-state index in [1.807, 2.05) is 56.0 Å². The van der Waals surface area contributed by atoms with Crippen molar-refractivity contribution in [3.8, 4) is 0 Å². The second kappa shape index (κ2) is 5.19. The number of hydrogen-bond donors (Lipinski definition) is 2. The third-order valence-corrected chi connectivity index (χ3v) is 4.35. The van der Waals surface area contributed by atoms with E-state index in [0.717, 1.165) is 10.6 Å². The maximum atomic E-state index is 10.4. The van der Waals surface area contributed by atoms with Gasteiger partial charge >= 0.3 is 0 Å². The molecule has 0 spiro atoms. The molecule has 0 amide bonds. The minimum absolute atomic E-state index is 0.135. The highest BCUT2D eigenvalue weighted by atomic mass is 32.1. The van der Waals surface area contributed by atoms with Crippen molar-refractivity contribution in [3.63, 3.8) is 0 Å². The molecule has 104 valence electrons. The van der Waals surface area contributed by atoms with Crippen LogP contribution in [0.2, 0.25) is 0 Å². The van der Waals surface area contributed by atoms with Crippen molar-refractivity contribution < 1.29 is 10.2 Å². The molecule has 1 aromatic carbocycles. The topological polar surface area (TPSA) is 43.7 Å². The van der Waals surface area contributed by atoms with Crippen molar-refractivity contribution in [1.29, 1.82) is 0 Å². The van der Waals surface area contributed by atoms with Gasteiger partial charge in [0.15, 0.2) is 0 Å². The average Bonchev–Trinajstić information content (AvgIpc) is 2.34. The van der Waals surface area contributed by atoms with Gasteiger partial charge in [-0.05, 0) is 5.56 Å². The third-order valence-electron chi connectivity index (χ3n) is 3.50. The second-order valence-corrected chi connectivity index (χ2v) is 6.51. The Morgan fingerprint density at radius 2 is 1.89 bits per heavy atom. The summed E-state index contributed by atoms with van der Waals surface area (Å²) in [5.74, 6) is 0. The number of aliphatic hydroxyl groups excluding tert-OH is 2. The van der Waals surface area contributed by atoms with Gasteiger partial charge in [0.2, 0.25) is 0 Å². The fraction of sp³-hybridized carbons (Fsp3) is 0.533. The maximum Gasteiger partial charge on any atom is 0.102 e. The minimum atomic E-state index is -0.717. The van der Waals surface area contributed by atoms with Crippen molar-refractivity contribution in [3.05, 3.63) is 35.9 Å². The number of aliphatic hydroxyl groups is 2. The summed E-state index contributed by atoms with van der Waals surface area (Å²) in [4.78, 5) is 2.73. The molecular formula is C15H21NO2S. The molecule has 4 heteroatoms. The smallest absolute Gasteiger partial charge is 0.102 e. The van der Waals surface area contributed by atoms with Gasteiger partial charge in [0.1, 0.15) is 6.10 Å². The number of β-amino-alcohol motifs (C(OH)–C–C–N with tert-alkyl or cyclic N) is 1. The maximum absolute atomic E-state index is 10.4. The minimum Gasteiger partial charge on any atom is -0.389 e. The van der Waals surface area contributed by atoms with Crippen LogP contribution in [0.1, 0.15) is 32.4 Å². The van der Waals surface area contributed by atoms with E-state index >= 15 is 0 Å². The highest BCUT2D eigenvalue weighted by molar-refractivity contribution is 7.80. The first-order chi connectivity index (χ1) is 8.82. The summed E-state index contributed by atoms with van der Waals surface area (Å²) < 4.78 is 0. The van der Waals surface area contributed by atoms with Gasteiger partial charge in [-0.15, -0.1) is 0 Å². The van der Waals surface area contributed by atoms with E-state index in [9.17, 15) is 10.2 Å². The van der Waals surface area contributed by atoms with Gasteiger partial charge in [-0.3, -0.25) is 0 Å². The van der Waals surface area contributed by atoms with Crippen molar-refractivity contribution in [2.24, 2.45) is 5.41 Å². The molecule has 0 bridgehead atoms. The number of hydrogen-bond acceptors (Lipinski definition) is 3. The van der Waals surface area contributed by atoms with Crippen molar-refractivity contribution in [2.45, 2.75) is 39.0 Å². The molecule has 2 rings (SSSR count). The molecule has 2 N–H and O–H groups in total. The highest BCUT2D eigenvalue weighted by Gasteiger charge is 2.46. The summed E-state index contributed by atoms with van der Waals surface area (Å²) in [6.07, 6.45) is -1.25. The van der Waals surface area contributed by atoms with Gasteiger partial charge in [0, 0.05) is 12.0 Å². The summed E-state index contributed by atoms with van der Waals surface area (Å²) >= 11 is 5.47. The van der Waals surface area contributed by atoms with E-state index in [2.05, 4.69) is 0 Å². The van der Waals surface area contributed by atoms with Crippen LogP contribution in [0.25, 0.3) is 0 Å². The Balaban J connectivity index is 2.17. The summed E-state index contributed by atoms with van der Waals surface area (Å²) in [6, 6.07) is 9.08. The molecule has 0 unspecified atom stereocenters. The molecule has 0 aromatic heterocycles. The fourth-order valence-electron chi connectivity index (χ4n) is 2.38. The monoisotopic (exact) mass is 279 g/mol. The molecule has 19 heavy (non-hydrogen) atoms. The largest absolute Gasteiger partial charge is 0.389 e. The molecule has 3 nitrogen and oxygen atoms in total. The van der Waals surface area contributed by atoms with Crippen LogP contribution in [0, 0.1) is 5.41 Å². The zero-order chi connectivity index (χ0) is 14.2. The van der Waals surface area contributed by atoms with E-state index in [0.29, 0.717) is 6.54 Å². The molecule has 1 heterocycles. The lowest BCUT2D eigenvalue weighted by atomic mass is 9.85. The zero-order valence-corrected chi connectivity index (χ0v) is 12.4. The molecule has 0 aliphatic carbocycles. The van der Waals surface area contributed by atoms with E-state index in [4.69, 9.17) is 12.2 Å². The van der Waals surface area contributed by atoms with Crippen molar-refractivity contribution >= 4 is 17.2 Å². The molecule has 0 radical (unpaired) electrons. The molecule has 1 aliphatic heterocycles. The van der Waals surface area contributed by atoms with E-state index < -0.39 is 12.2 Å². The quantitative estimate of drug-likeness (QED) is 0.814. The average molecular weight is 279 g/mol. The third kappa shape index (κ3) is 2.81. The van der Waals surface area contributed by atoms with Crippen molar-refractivity contribution in [1.82, 2.24) is 4.90 Å². The number of thiocarbonyl (C=S) groups is 1. The Morgan fingerprint density at radius 1 is 1.32 bits per heavy atom. The van der Waals surface area contributed by atoms with Crippen LogP contribution in [-0.2, 0) is 0 Å². The highest BCUT2D eigenvalue weighted by Crippen LogP contribution is 2.34. The molecule has 1 aliphatic rings. The first-order valence-electron chi connectivity index (χ1n) is 6.54. The Labute approximate surface area is 119 Å². The molecule has 0 saturated carbocycles. The van der Waals surface area contributed by atoms with Crippen LogP contribution >= 0.6 is 12.2 Å². The summed E-state index contributed by atoms with van der Waals surface area (Å²) in [5, 5.41) is 20.4. The lowest BCUT2D eigenvalue weighted by Gasteiger charge is -2.51. The van der Waals surface area contributed by atoms with E-state index in [1.165, 1.54) is 0 Å². The summed E-state index contributed by atoms with van der Waals surface area (Å²) in [6.45, 7) is 6.65. The normalized spacial score (nSPS) is 24.8. The Bertz CT molecular complexity index is 455. The SMILES string of the molecule is CC(C)(C)C(=S)N1C[C@H](O)[C@H]1[C@H](O)c1ccccc1. The second-order valence-electron chi connectivity index (χ2n) is 6.12. The Morgan fingerprint density at radius 3 is 2.37 bits per heavy atom. The van der Waals surface area contributed by atoms with Crippen LogP contribution in [0.4, 0.5) is 0 Å². The molecule has 1 saturated heterocycles. The van der Waals surface area contributed by atoms with Crippen LogP contribution in [0.3, 0.4) is 0 Å². The van der Waals surface area contributed by atoms with Gasteiger partial charge in [0.25, 0.3) is 0 Å². The number of rotatable bonds is 2. The van der Waals surface area contributed by atoms with Gasteiger partial charge in [0.05, 0.1) is 17.1 Å². The van der Waals surface area contributed by atoms with Gasteiger partial charge in [-0.25, -0.2) is 0 Å². The Hall–Kier alpha value is -0.970. The van der Waals surface area contributed by atoms with Crippen LogP contribution < -0.4 is 0 Å². The predicted molar refractivity (Wildman–Crippen MR) is 80.0 cm³/mol. The first kappa shape index (κ1) is 14.4. The Kier molecular flexibility index (Phi) is 3.95. The number of nitrogens with zero attached hydrogens (tertiary/aromatic N) is 1. The van der Waals surface area contributed by atoms with Crippen LogP contribution in [-0.4, -0.2) is 38.8 Å². The van der Waals surface area contributed by atoms with Crippen LogP contribution in [0.5, 0.6) is 0 Å². The molecule has 3 atom stereocenters. The first-order valence-corrected chi connectivity index (χ1v) is 6.95. The van der Waals surface area contributed by atoms with E-state index in [-0.39, 0.29) is 11.5 Å².